The second-order valence-corrected chi connectivity index (χ2v) is 14.3. The van der Waals surface area contributed by atoms with Gasteiger partial charge in [-0.25, -0.2) is 14.6 Å². The number of ether oxygens (including phenoxy) is 3. The minimum atomic E-state index is -1.44. The molecule has 3 aromatic rings. The normalized spacial score (nSPS) is 26.4. The minimum Gasteiger partial charge on any atom is -0.497 e. The van der Waals surface area contributed by atoms with Crippen molar-refractivity contribution < 1.29 is 38.5 Å². The molecule has 266 valence electrons. The first-order valence-electron chi connectivity index (χ1n) is 17.2. The standard InChI is InChI=1S/C37H45N5O8/c1-36(2,3)50-35(47)39-27-13-9-7-5-6-8-12-23-21-37(23,34(45)46)40-32(43)29-19-25(22-42(29)33(27)44)49-30-20-31(41-16-10-11-17-41)38-28-18-24(48-4)14-15-26(28)30/h8,10-12,14-18,20,23,25,27,29H,5-7,9,13,19,21-22H2,1-4H3,(H,39,47)(H,40,43)(H,45,46)/b12-8-/t23?,25-,27?,29?,37?/m1/s1. The molecule has 3 N–H and O–H groups in total. The van der Waals surface area contributed by atoms with E-state index in [0.717, 1.165) is 19.3 Å². The fourth-order valence-corrected chi connectivity index (χ4v) is 6.78. The molecule has 13 nitrogen and oxygen atoms in total. The molecule has 2 aliphatic heterocycles. The monoisotopic (exact) mass is 687 g/mol. The summed E-state index contributed by atoms with van der Waals surface area (Å²) in [4.78, 5) is 60.0. The van der Waals surface area contributed by atoms with Crippen molar-refractivity contribution in [3.8, 4) is 17.3 Å². The quantitative estimate of drug-likeness (QED) is 0.311. The van der Waals surface area contributed by atoms with E-state index < -0.39 is 53.2 Å². The second-order valence-electron chi connectivity index (χ2n) is 14.3. The van der Waals surface area contributed by atoms with E-state index >= 15 is 0 Å². The summed E-state index contributed by atoms with van der Waals surface area (Å²) in [6, 6.07) is 9.03. The highest BCUT2D eigenvalue weighted by Gasteiger charge is 2.61. The molecule has 3 amide bonds. The van der Waals surface area contributed by atoms with Gasteiger partial charge in [0.25, 0.3) is 0 Å². The van der Waals surface area contributed by atoms with Crippen molar-refractivity contribution in [1.82, 2.24) is 25.1 Å². The fourth-order valence-electron chi connectivity index (χ4n) is 6.78. The first-order chi connectivity index (χ1) is 23.9. The zero-order chi connectivity index (χ0) is 35.6. The van der Waals surface area contributed by atoms with Crippen LogP contribution in [-0.4, -0.2) is 86.4 Å². The summed E-state index contributed by atoms with van der Waals surface area (Å²) in [5.74, 6) is -0.770. The maximum Gasteiger partial charge on any atom is 0.408 e. The summed E-state index contributed by atoms with van der Waals surface area (Å²) in [5.41, 5.74) is -1.59. The molecule has 13 heteroatoms. The zero-order valence-corrected chi connectivity index (χ0v) is 28.9. The minimum absolute atomic E-state index is 0.0334. The van der Waals surface area contributed by atoms with Gasteiger partial charge in [0.1, 0.15) is 46.6 Å². The predicted molar refractivity (Wildman–Crippen MR) is 184 cm³/mol. The molecule has 3 aliphatic rings. The van der Waals surface area contributed by atoms with E-state index in [1.807, 2.05) is 53.4 Å². The van der Waals surface area contributed by atoms with Crippen LogP contribution in [0.5, 0.6) is 11.5 Å². The molecule has 6 rings (SSSR count). The van der Waals surface area contributed by atoms with Crippen molar-refractivity contribution in [2.45, 2.75) is 95.0 Å². The number of hydrogen-bond acceptors (Lipinski definition) is 8. The number of benzene rings is 1. The molecule has 0 spiro atoms. The molecule has 2 fully saturated rings. The second kappa shape index (κ2) is 14.0. The van der Waals surface area contributed by atoms with Crippen LogP contribution in [0.2, 0.25) is 0 Å². The highest BCUT2D eigenvalue weighted by molar-refractivity contribution is 5.96. The molecule has 1 saturated heterocycles. The molecule has 4 unspecified atom stereocenters. The van der Waals surface area contributed by atoms with Gasteiger partial charge in [0.05, 0.1) is 19.2 Å². The maximum absolute atomic E-state index is 14.4. The number of aromatic nitrogens is 2. The summed E-state index contributed by atoms with van der Waals surface area (Å²) >= 11 is 0. The summed E-state index contributed by atoms with van der Waals surface area (Å²) in [6.45, 7) is 5.26. The lowest BCUT2D eigenvalue weighted by atomic mass is 10.0. The lowest BCUT2D eigenvalue weighted by molar-refractivity contribution is -0.145. The van der Waals surface area contributed by atoms with E-state index in [1.54, 1.807) is 40.0 Å². The number of rotatable bonds is 6. The first kappa shape index (κ1) is 34.8. The molecule has 4 heterocycles. The van der Waals surface area contributed by atoms with Gasteiger partial charge in [-0.3, -0.25) is 9.59 Å². The number of nitrogens with zero attached hydrogens (tertiary/aromatic N) is 3. The number of carbonyl (C=O) groups is 4. The van der Waals surface area contributed by atoms with Crippen LogP contribution in [0.25, 0.3) is 16.7 Å². The van der Waals surface area contributed by atoms with Crippen LogP contribution in [0.1, 0.15) is 65.7 Å². The lowest BCUT2D eigenvalue weighted by Gasteiger charge is -2.30. The van der Waals surface area contributed by atoms with Crippen LogP contribution < -0.4 is 20.1 Å². The maximum atomic E-state index is 14.4. The number of aliphatic carboxylic acids is 1. The van der Waals surface area contributed by atoms with Gasteiger partial charge >= 0.3 is 12.1 Å². The van der Waals surface area contributed by atoms with Crippen molar-refractivity contribution >= 4 is 34.8 Å². The van der Waals surface area contributed by atoms with Crippen molar-refractivity contribution in [2.24, 2.45) is 5.92 Å². The number of fused-ring (bicyclic) bond motifs is 3. The summed E-state index contributed by atoms with van der Waals surface area (Å²) in [7, 11) is 1.58. The number of carboxylic acids is 1. The first-order valence-corrected chi connectivity index (χ1v) is 17.2. The Morgan fingerprint density at radius 3 is 2.60 bits per heavy atom. The van der Waals surface area contributed by atoms with Crippen LogP contribution in [0.15, 0.2) is 60.9 Å². The third-order valence-electron chi connectivity index (χ3n) is 9.44. The molecule has 1 aliphatic carbocycles. The summed E-state index contributed by atoms with van der Waals surface area (Å²) in [5, 5.41) is 16.4. The summed E-state index contributed by atoms with van der Waals surface area (Å²) < 4.78 is 19.4. The van der Waals surface area contributed by atoms with Crippen molar-refractivity contribution in [1.29, 1.82) is 0 Å². The third kappa shape index (κ3) is 7.56. The molecule has 5 atom stereocenters. The molecular formula is C37H45N5O8. The van der Waals surface area contributed by atoms with E-state index in [1.165, 1.54) is 4.90 Å². The topological polar surface area (TPSA) is 161 Å². The van der Waals surface area contributed by atoms with Crippen molar-refractivity contribution in [3.05, 3.63) is 60.9 Å². The number of nitrogens with one attached hydrogen (secondary N) is 2. The smallest absolute Gasteiger partial charge is 0.408 e. The Morgan fingerprint density at radius 2 is 1.88 bits per heavy atom. The Kier molecular flexibility index (Phi) is 9.77. The van der Waals surface area contributed by atoms with Gasteiger partial charge in [-0.1, -0.05) is 25.0 Å². The average molecular weight is 688 g/mol. The Balaban J connectivity index is 1.34. The van der Waals surface area contributed by atoms with E-state index in [2.05, 4.69) is 10.6 Å². The van der Waals surface area contributed by atoms with Gasteiger partial charge in [-0.05, 0) is 70.7 Å². The molecule has 0 radical (unpaired) electrons. The fraction of sp³-hybridized carbons (Fsp3) is 0.486. The van der Waals surface area contributed by atoms with E-state index in [0.29, 0.717) is 41.1 Å². The highest BCUT2D eigenvalue weighted by atomic mass is 16.6. The average Bonchev–Trinajstić information content (AvgIpc) is 3.38. The third-order valence-corrected chi connectivity index (χ3v) is 9.44. The number of carbonyl (C=O) groups excluding carboxylic acids is 3. The number of hydrogen-bond donors (Lipinski definition) is 3. The molecule has 50 heavy (non-hydrogen) atoms. The SMILES string of the molecule is COc1ccc2c(O[C@@H]3CC4C(=O)NC5(C(=O)O)CC5/C=C\CCCCCC(NC(=O)OC(C)(C)C)C(=O)N4C3)cc(-n3cccc3)nc2c1. The number of amides is 3. The molecule has 2 aromatic heterocycles. The van der Waals surface area contributed by atoms with Crippen molar-refractivity contribution in [2.75, 3.05) is 13.7 Å². The van der Waals surface area contributed by atoms with E-state index in [-0.39, 0.29) is 25.3 Å². The Labute approximate surface area is 291 Å². The number of pyridine rings is 1. The summed E-state index contributed by atoms with van der Waals surface area (Å²) in [6.07, 6.45) is 9.94. The van der Waals surface area contributed by atoms with Gasteiger partial charge in [0, 0.05) is 42.3 Å². The van der Waals surface area contributed by atoms with Gasteiger partial charge in [0.2, 0.25) is 11.8 Å². The number of alkyl carbamates (subject to hydrolysis) is 1. The number of carboxylic acid groups (broad SMARTS) is 1. The molecule has 1 saturated carbocycles. The van der Waals surface area contributed by atoms with Crippen LogP contribution in [0.4, 0.5) is 4.79 Å². The predicted octanol–water partition coefficient (Wildman–Crippen LogP) is 4.76. The molecule has 1 aromatic carbocycles. The Hall–Kier alpha value is -5.07. The highest BCUT2D eigenvalue weighted by Crippen LogP contribution is 2.45. The van der Waals surface area contributed by atoms with Crippen LogP contribution >= 0.6 is 0 Å². The van der Waals surface area contributed by atoms with Gasteiger partial charge < -0.3 is 39.4 Å². The molecule has 0 bridgehead atoms. The number of allylic oxidation sites excluding steroid dienone is 1. The van der Waals surface area contributed by atoms with Crippen molar-refractivity contribution in [3.63, 3.8) is 0 Å². The van der Waals surface area contributed by atoms with Crippen LogP contribution in [-0.2, 0) is 19.1 Å². The lowest BCUT2D eigenvalue weighted by Crippen LogP contribution is -2.56. The van der Waals surface area contributed by atoms with Gasteiger partial charge in [-0.15, -0.1) is 0 Å². The molecular weight excluding hydrogens is 642 g/mol. The largest absolute Gasteiger partial charge is 0.497 e. The zero-order valence-electron chi connectivity index (χ0n) is 28.9. The van der Waals surface area contributed by atoms with Gasteiger partial charge in [-0.2, -0.15) is 0 Å². The number of methoxy groups -OCH3 is 1. The Morgan fingerprint density at radius 1 is 1.10 bits per heavy atom. The van der Waals surface area contributed by atoms with E-state index in [9.17, 15) is 24.3 Å². The van der Waals surface area contributed by atoms with Crippen LogP contribution in [0.3, 0.4) is 0 Å². The van der Waals surface area contributed by atoms with Crippen LogP contribution in [0, 0.1) is 5.92 Å². The van der Waals surface area contributed by atoms with E-state index in [4.69, 9.17) is 19.2 Å². The Bertz CT molecular complexity index is 1780. The van der Waals surface area contributed by atoms with Gasteiger partial charge in [0.15, 0.2) is 0 Å².